The Labute approximate surface area is 114 Å². The van der Waals surface area contributed by atoms with Crippen molar-refractivity contribution in [3.8, 4) is 0 Å². The van der Waals surface area contributed by atoms with Crippen LogP contribution in [0.3, 0.4) is 0 Å². The van der Waals surface area contributed by atoms with E-state index in [-0.39, 0.29) is 5.56 Å². The lowest BCUT2D eigenvalue weighted by atomic mass is 10.2. The first-order valence-electron chi connectivity index (χ1n) is 6.14. The summed E-state index contributed by atoms with van der Waals surface area (Å²) in [6, 6.07) is 11.1. The SMILES string of the molecule is NNc1ccnc(Cn2c(=O)cnc3ccccc32)c1. The fraction of sp³-hybridized carbons (Fsp3) is 0.0714. The highest BCUT2D eigenvalue weighted by atomic mass is 16.1. The lowest BCUT2D eigenvalue weighted by Gasteiger charge is -2.09. The second-order valence-corrected chi connectivity index (χ2v) is 4.35. The van der Waals surface area contributed by atoms with Crippen LogP contribution in [0.15, 0.2) is 53.6 Å². The normalized spacial score (nSPS) is 10.7. The van der Waals surface area contributed by atoms with Gasteiger partial charge in [0.05, 0.1) is 35.2 Å². The molecule has 0 aliphatic heterocycles. The van der Waals surface area contributed by atoms with Crippen LogP contribution in [-0.2, 0) is 6.54 Å². The van der Waals surface area contributed by atoms with Gasteiger partial charge in [0.25, 0.3) is 5.56 Å². The molecule has 0 aliphatic rings. The molecule has 0 amide bonds. The van der Waals surface area contributed by atoms with Crippen molar-refractivity contribution in [2.24, 2.45) is 5.84 Å². The van der Waals surface area contributed by atoms with E-state index in [2.05, 4.69) is 15.4 Å². The molecule has 2 heterocycles. The molecule has 20 heavy (non-hydrogen) atoms. The quantitative estimate of drug-likeness (QED) is 0.548. The highest BCUT2D eigenvalue weighted by molar-refractivity contribution is 5.74. The highest BCUT2D eigenvalue weighted by Gasteiger charge is 2.05. The molecule has 3 rings (SSSR count). The van der Waals surface area contributed by atoms with Gasteiger partial charge in [-0.1, -0.05) is 12.1 Å². The molecule has 0 fully saturated rings. The predicted molar refractivity (Wildman–Crippen MR) is 77.2 cm³/mol. The third kappa shape index (κ3) is 2.24. The first kappa shape index (κ1) is 12.3. The molecular weight excluding hydrogens is 254 g/mol. The van der Waals surface area contributed by atoms with E-state index < -0.39 is 0 Å². The number of fused-ring (bicyclic) bond motifs is 1. The maximum Gasteiger partial charge on any atom is 0.269 e. The van der Waals surface area contributed by atoms with Gasteiger partial charge < -0.3 is 5.43 Å². The summed E-state index contributed by atoms with van der Waals surface area (Å²) in [5.74, 6) is 5.38. The lowest BCUT2D eigenvalue weighted by Crippen LogP contribution is -2.21. The Balaban J connectivity index is 2.10. The number of benzene rings is 1. The van der Waals surface area contributed by atoms with Crippen molar-refractivity contribution in [2.45, 2.75) is 6.54 Å². The smallest absolute Gasteiger partial charge is 0.269 e. The maximum atomic E-state index is 12.0. The number of nitrogens with two attached hydrogens (primary N) is 1. The van der Waals surface area contributed by atoms with Gasteiger partial charge in [-0.2, -0.15) is 0 Å². The van der Waals surface area contributed by atoms with Gasteiger partial charge in [0.1, 0.15) is 0 Å². The summed E-state index contributed by atoms with van der Waals surface area (Å²) in [6.07, 6.45) is 2.98. The van der Waals surface area contributed by atoms with Gasteiger partial charge in [-0.15, -0.1) is 0 Å². The number of hydrogen-bond acceptors (Lipinski definition) is 5. The van der Waals surface area contributed by atoms with E-state index in [4.69, 9.17) is 5.84 Å². The minimum absolute atomic E-state index is 0.156. The van der Waals surface area contributed by atoms with Crippen LogP contribution in [0.25, 0.3) is 11.0 Å². The van der Waals surface area contributed by atoms with Gasteiger partial charge in [-0.05, 0) is 24.3 Å². The number of rotatable bonds is 3. The zero-order valence-corrected chi connectivity index (χ0v) is 10.7. The molecule has 3 aromatic rings. The Bertz CT molecular complexity index is 812. The van der Waals surface area contributed by atoms with E-state index in [1.165, 1.54) is 6.20 Å². The van der Waals surface area contributed by atoms with Gasteiger partial charge in [-0.25, -0.2) is 4.98 Å². The zero-order chi connectivity index (χ0) is 13.9. The molecule has 3 N–H and O–H groups in total. The molecule has 6 nitrogen and oxygen atoms in total. The summed E-state index contributed by atoms with van der Waals surface area (Å²) in [4.78, 5) is 20.4. The fourth-order valence-corrected chi connectivity index (χ4v) is 2.09. The molecule has 6 heteroatoms. The van der Waals surface area contributed by atoms with Crippen molar-refractivity contribution in [1.82, 2.24) is 14.5 Å². The Morgan fingerprint density at radius 2 is 2.05 bits per heavy atom. The van der Waals surface area contributed by atoms with Crippen molar-refractivity contribution in [1.29, 1.82) is 0 Å². The number of nitrogens with zero attached hydrogens (tertiary/aromatic N) is 3. The summed E-state index contributed by atoms with van der Waals surface area (Å²) in [5.41, 5.74) is 5.47. The van der Waals surface area contributed by atoms with Crippen molar-refractivity contribution in [3.63, 3.8) is 0 Å². The van der Waals surface area contributed by atoms with E-state index in [1.807, 2.05) is 30.3 Å². The molecular formula is C14H13N5O. The molecule has 100 valence electrons. The zero-order valence-electron chi connectivity index (χ0n) is 10.7. The molecule has 0 unspecified atom stereocenters. The molecule has 0 radical (unpaired) electrons. The maximum absolute atomic E-state index is 12.0. The van der Waals surface area contributed by atoms with Gasteiger partial charge in [0.15, 0.2) is 0 Å². The molecule has 0 saturated carbocycles. The minimum Gasteiger partial charge on any atom is -0.324 e. The standard InChI is InChI=1S/C14H13N5O/c15-18-10-5-6-16-11(7-10)9-19-13-4-2-1-3-12(13)17-8-14(19)20/h1-8H,9,15H2,(H,16,18). The van der Waals surface area contributed by atoms with Crippen molar-refractivity contribution < 1.29 is 0 Å². The van der Waals surface area contributed by atoms with Crippen LogP contribution < -0.4 is 16.8 Å². The number of nitrogens with one attached hydrogen (secondary N) is 1. The predicted octanol–water partition coefficient (Wildman–Crippen LogP) is 1.13. The van der Waals surface area contributed by atoms with Crippen LogP contribution in [0.5, 0.6) is 0 Å². The summed E-state index contributed by atoms with van der Waals surface area (Å²) in [6.45, 7) is 0.372. The van der Waals surface area contributed by atoms with E-state index in [0.717, 1.165) is 22.4 Å². The average Bonchev–Trinajstić information content (AvgIpc) is 2.50. The van der Waals surface area contributed by atoms with Crippen molar-refractivity contribution in [3.05, 3.63) is 64.8 Å². The summed E-state index contributed by atoms with van der Waals surface area (Å²) in [5, 5.41) is 0. The number of aromatic nitrogens is 3. The lowest BCUT2D eigenvalue weighted by molar-refractivity contribution is 0.765. The van der Waals surface area contributed by atoms with Gasteiger partial charge in [0.2, 0.25) is 0 Å². The molecule has 1 aromatic carbocycles. The van der Waals surface area contributed by atoms with Gasteiger partial charge in [0, 0.05) is 6.20 Å². The third-order valence-electron chi connectivity index (χ3n) is 3.06. The highest BCUT2D eigenvalue weighted by Crippen LogP contribution is 2.11. The Kier molecular flexibility index (Phi) is 3.14. The Morgan fingerprint density at radius 1 is 1.20 bits per heavy atom. The van der Waals surface area contributed by atoms with E-state index in [9.17, 15) is 4.79 Å². The molecule has 0 spiro atoms. The number of hydrazine groups is 1. The van der Waals surface area contributed by atoms with Crippen molar-refractivity contribution >= 4 is 16.7 Å². The molecule has 0 aliphatic carbocycles. The molecule has 0 saturated heterocycles. The van der Waals surface area contributed by atoms with Crippen molar-refractivity contribution in [2.75, 3.05) is 5.43 Å². The van der Waals surface area contributed by atoms with Gasteiger partial charge in [-0.3, -0.25) is 20.2 Å². The largest absolute Gasteiger partial charge is 0.324 e. The van der Waals surface area contributed by atoms with E-state index in [1.54, 1.807) is 16.8 Å². The van der Waals surface area contributed by atoms with Crippen LogP contribution in [0.4, 0.5) is 5.69 Å². The minimum atomic E-state index is -0.156. The Hall–Kier alpha value is -2.73. The topological polar surface area (TPSA) is 85.8 Å². The number of hydrogen-bond donors (Lipinski definition) is 2. The number of pyridine rings is 1. The van der Waals surface area contributed by atoms with Crippen LogP contribution >= 0.6 is 0 Å². The van der Waals surface area contributed by atoms with Gasteiger partial charge >= 0.3 is 0 Å². The summed E-state index contributed by atoms with van der Waals surface area (Å²) >= 11 is 0. The monoisotopic (exact) mass is 267 g/mol. The van der Waals surface area contributed by atoms with Crippen LogP contribution in [0.1, 0.15) is 5.69 Å². The number of nitrogen functional groups attached to an aromatic ring is 1. The Morgan fingerprint density at radius 3 is 2.90 bits per heavy atom. The second kappa shape index (κ2) is 5.10. The van der Waals surface area contributed by atoms with E-state index >= 15 is 0 Å². The van der Waals surface area contributed by atoms with Crippen LogP contribution in [0.2, 0.25) is 0 Å². The van der Waals surface area contributed by atoms with Crippen LogP contribution in [-0.4, -0.2) is 14.5 Å². The van der Waals surface area contributed by atoms with E-state index in [0.29, 0.717) is 6.54 Å². The first-order valence-corrected chi connectivity index (χ1v) is 6.14. The number of para-hydroxylation sites is 2. The summed E-state index contributed by atoms with van der Waals surface area (Å²) < 4.78 is 1.64. The number of anilines is 1. The second-order valence-electron chi connectivity index (χ2n) is 4.35. The molecule has 0 bridgehead atoms. The fourth-order valence-electron chi connectivity index (χ4n) is 2.09. The first-order chi connectivity index (χ1) is 9.78. The van der Waals surface area contributed by atoms with Crippen LogP contribution in [0, 0.1) is 0 Å². The third-order valence-corrected chi connectivity index (χ3v) is 3.06. The molecule has 2 aromatic heterocycles. The summed E-state index contributed by atoms with van der Waals surface area (Å²) in [7, 11) is 0. The average molecular weight is 267 g/mol. The molecule has 0 atom stereocenters.